The van der Waals surface area contributed by atoms with E-state index in [4.69, 9.17) is 22.9 Å². The normalized spacial score (nSPS) is 10.4. The lowest BCUT2D eigenvalue weighted by molar-refractivity contribution is 1.34. The average Bonchev–Trinajstić information content (AvgIpc) is 2.74. The van der Waals surface area contributed by atoms with Gasteiger partial charge in [0.25, 0.3) is 0 Å². The van der Waals surface area contributed by atoms with Gasteiger partial charge in [0.05, 0.1) is 0 Å². The van der Waals surface area contributed by atoms with Crippen molar-refractivity contribution >= 4 is 22.7 Å². The molecule has 0 heterocycles. The number of aryl methyl sites for hydroxylation is 2. The lowest BCUT2D eigenvalue weighted by atomic mass is 9.95. The summed E-state index contributed by atoms with van der Waals surface area (Å²) >= 11 is 0. The minimum atomic E-state index is 0.800. The van der Waals surface area contributed by atoms with Crippen LogP contribution in [0.25, 0.3) is 22.3 Å². The summed E-state index contributed by atoms with van der Waals surface area (Å²) in [4.78, 5) is 0. The first kappa shape index (κ1) is 22.8. The van der Waals surface area contributed by atoms with Crippen LogP contribution in [0.2, 0.25) is 0 Å². The van der Waals surface area contributed by atoms with Gasteiger partial charge in [-0.05, 0) is 103 Å². The molecule has 0 aliphatic heterocycles. The maximum Gasteiger partial charge on any atom is 0.0393 e. The van der Waals surface area contributed by atoms with Gasteiger partial charge in [0.1, 0.15) is 0 Å². The second-order valence-electron chi connectivity index (χ2n) is 8.19. The minimum Gasteiger partial charge on any atom is -0.399 e. The number of nitrogens with two attached hydrogens (primary N) is 4. The summed E-state index contributed by atoms with van der Waals surface area (Å²) in [6.07, 6.45) is 0. The first-order chi connectivity index (χ1) is 15.2. The summed E-state index contributed by atoms with van der Waals surface area (Å²) in [6, 6.07) is 23.8. The van der Waals surface area contributed by atoms with Crippen molar-refractivity contribution in [3.05, 3.63) is 95.1 Å². The third-order valence-electron chi connectivity index (χ3n) is 5.87. The molecule has 0 saturated heterocycles. The van der Waals surface area contributed by atoms with Gasteiger partial charge in [-0.25, -0.2) is 0 Å². The number of hydrogen-bond donors (Lipinski definition) is 4. The molecule has 0 aliphatic rings. The number of hydrogen-bond acceptors (Lipinski definition) is 4. The quantitative estimate of drug-likeness (QED) is 0.285. The zero-order valence-corrected chi connectivity index (χ0v) is 19.2. The molecular formula is C28H32N4. The Morgan fingerprint density at radius 1 is 0.438 bits per heavy atom. The number of anilines is 4. The molecular weight excluding hydrogens is 392 g/mol. The summed E-state index contributed by atoms with van der Waals surface area (Å²) < 4.78 is 0. The fourth-order valence-corrected chi connectivity index (χ4v) is 3.85. The van der Waals surface area contributed by atoms with Crippen LogP contribution in [-0.2, 0) is 0 Å². The minimum absolute atomic E-state index is 0.800. The highest BCUT2D eigenvalue weighted by Gasteiger charge is 2.08. The van der Waals surface area contributed by atoms with Gasteiger partial charge in [-0.15, -0.1) is 0 Å². The van der Waals surface area contributed by atoms with Crippen LogP contribution in [0.3, 0.4) is 0 Å². The Morgan fingerprint density at radius 2 is 0.938 bits per heavy atom. The van der Waals surface area contributed by atoms with Crippen molar-refractivity contribution in [3.63, 3.8) is 0 Å². The van der Waals surface area contributed by atoms with Crippen LogP contribution in [0.4, 0.5) is 22.7 Å². The molecule has 0 atom stereocenters. The molecule has 164 valence electrons. The number of rotatable bonds is 2. The van der Waals surface area contributed by atoms with E-state index in [1.165, 1.54) is 27.8 Å². The van der Waals surface area contributed by atoms with Crippen LogP contribution in [0.15, 0.2) is 72.8 Å². The molecule has 0 fully saturated rings. The van der Waals surface area contributed by atoms with Crippen LogP contribution < -0.4 is 22.9 Å². The van der Waals surface area contributed by atoms with Crippen LogP contribution in [-0.4, -0.2) is 0 Å². The van der Waals surface area contributed by atoms with Crippen LogP contribution >= 0.6 is 0 Å². The third-order valence-corrected chi connectivity index (χ3v) is 5.87. The summed E-state index contributed by atoms with van der Waals surface area (Å²) in [6.45, 7) is 8.25. The van der Waals surface area contributed by atoms with Gasteiger partial charge in [0.15, 0.2) is 0 Å². The maximum atomic E-state index is 5.98. The van der Waals surface area contributed by atoms with Gasteiger partial charge in [-0.3, -0.25) is 0 Å². The molecule has 0 spiro atoms. The Hall–Kier alpha value is -3.92. The average molecular weight is 425 g/mol. The highest BCUT2D eigenvalue weighted by atomic mass is 14.6. The maximum absolute atomic E-state index is 5.98. The Bertz CT molecular complexity index is 1210. The largest absolute Gasteiger partial charge is 0.399 e. The Kier molecular flexibility index (Phi) is 6.74. The van der Waals surface area contributed by atoms with Crippen molar-refractivity contribution in [1.29, 1.82) is 0 Å². The van der Waals surface area contributed by atoms with E-state index in [1.54, 1.807) is 0 Å². The summed E-state index contributed by atoms with van der Waals surface area (Å²) in [5.74, 6) is 0. The van der Waals surface area contributed by atoms with Gasteiger partial charge in [0.2, 0.25) is 0 Å². The van der Waals surface area contributed by atoms with E-state index in [-0.39, 0.29) is 0 Å². The molecule has 0 aromatic heterocycles. The summed E-state index contributed by atoms with van der Waals surface area (Å²) in [5.41, 5.74) is 35.9. The van der Waals surface area contributed by atoms with Crippen molar-refractivity contribution in [3.8, 4) is 22.3 Å². The van der Waals surface area contributed by atoms with Crippen molar-refractivity contribution < 1.29 is 0 Å². The topological polar surface area (TPSA) is 104 Å². The zero-order valence-electron chi connectivity index (χ0n) is 19.2. The molecule has 4 aromatic rings. The van der Waals surface area contributed by atoms with Crippen molar-refractivity contribution in [2.45, 2.75) is 27.7 Å². The Labute approximate surface area is 190 Å². The molecule has 0 unspecified atom stereocenters. The second-order valence-corrected chi connectivity index (χ2v) is 8.19. The van der Waals surface area contributed by atoms with Gasteiger partial charge in [-0.2, -0.15) is 0 Å². The van der Waals surface area contributed by atoms with E-state index in [0.29, 0.717) is 0 Å². The second kappa shape index (κ2) is 9.48. The van der Waals surface area contributed by atoms with E-state index >= 15 is 0 Å². The predicted octanol–water partition coefficient (Wildman–Crippen LogP) is 6.27. The first-order valence-electron chi connectivity index (χ1n) is 10.6. The smallest absolute Gasteiger partial charge is 0.0393 e. The van der Waals surface area contributed by atoms with E-state index in [2.05, 4.69) is 32.9 Å². The molecule has 0 aliphatic carbocycles. The van der Waals surface area contributed by atoms with E-state index < -0.39 is 0 Å². The van der Waals surface area contributed by atoms with E-state index in [9.17, 15) is 0 Å². The molecule has 32 heavy (non-hydrogen) atoms. The van der Waals surface area contributed by atoms with Gasteiger partial charge in [0, 0.05) is 28.3 Å². The Morgan fingerprint density at radius 3 is 1.44 bits per heavy atom. The fourth-order valence-electron chi connectivity index (χ4n) is 3.85. The fraction of sp³-hybridized carbons (Fsp3) is 0.143. The SMILES string of the molecule is Cc1c(N)ccc(-c2ccccc2N)c1C.Cc1cc(N)ccc1-c1ccc(N)cc1C. The zero-order chi connectivity index (χ0) is 23.4. The lowest BCUT2D eigenvalue weighted by Gasteiger charge is -2.12. The van der Waals surface area contributed by atoms with Crippen LogP contribution in [0.1, 0.15) is 22.3 Å². The monoisotopic (exact) mass is 424 g/mol. The number of nitrogen functional groups attached to an aromatic ring is 4. The first-order valence-corrected chi connectivity index (χ1v) is 10.6. The molecule has 8 N–H and O–H groups in total. The predicted molar refractivity (Wildman–Crippen MR) is 140 cm³/mol. The third kappa shape index (κ3) is 4.86. The van der Waals surface area contributed by atoms with Gasteiger partial charge in [-0.1, -0.05) is 36.4 Å². The van der Waals surface area contributed by atoms with Crippen molar-refractivity contribution in [2.75, 3.05) is 22.9 Å². The number of para-hydroxylation sites is 1. The van der Waals surface area contributed by atoms with Crippen LogP contribution in [0.5, 0.6) is 0 Å². The molecule has 0 saturated carbocycles. The molecule has 0 bridgehead atoms. The van der Waals surface area contributed by atoms with Crippen LogP contribution in [0, 0.1) is 27.7 Å². The Balaban J connectivity index is 0.000000181. The standard InChI is InChI=1S/2C14H16N2/c1-9-7-11(15)3-5-13(9)14-6-4-12(16)8-10(14)2;1-9-10(2)13(15)8-7-11(9)12-5-3-4-6-14(12)16/h2*3-8H,15-16H2,1-2H3. The van der Waals surface area contributed by atoms with Gasteiger partial charge >= 0.3 is 0 Å². The van der Waals surface area contributed by atoms with Gasteiger partial charge < -0.3 is 22.9 Å². The highest BCUT2D eigenvalue weighted by molar-refractivity contribution is 5.80. The van der Waals surface area contributed by atoms with E-state index in [1.807, 2.05) is 67.6 Å². The molecule has 4 nitrogen and oxygen atoms in total. The van der Waals surface area contributed by atoms with Crippen molar-refractivity contribution in [1.82, 2.24) is 0 Å². The number of benzene rings is 4. The lowest BCUT2D eigenvalue weighted by Crippen LogP contribution is -1.96. The molecule has 4 aromatic carbocycles. The summed E-state index contributed by atoms with van der Waals surface area (Å²) in [7, 11) is 0. The summed E-state index contributed by atoms with van der Waals surface area (Å²) in [5, 5.41) is 0. The molecule has 0 amide bonds. The van der Waals surface area contributed by atoms with Crippen molar-refractivity contribution in [2.24, 2.45) is 0 Å². The molecule has 4 rings (SSSR count). The molecule has 4 heteroatoms. The highest BCUT2D eigenvalue weighted by Crippen LogP contribution is 2.32. The molecule has 0 radical (unpaired) electrons. The van der Waals surface area contributed by atoms with E-state index in [0.717, 1.165) is 39.4 Å².